The summed E-state index contributed by atoms with van der Waals surface area (Å²) in [6, 6.07) is 3.82. The molecule has 1 fully saturated rings. The van der Waals surface area contributed by atoms with Crippen LogP contribution in [0.1, 0.15) is 48.9 Å². The van der Waals surface area contributed by atoms with Gasteiger partial charge in [-0.15, -0.1) is 0 Å². The molecule has 5 nitrogen and oxygen atoms in total. The fraction of sp³-hybridized carbons (Fsp3) is 0.533. The topological polar surface area (TPSA) is 89.8 Å². The first kappa shape index (κ1) is 14.7. The van der Waals surface area contributed by atoms with E-state index in [0.29, 0.717) is 12.8 Å². The maximum atomic E-state index is 12.0. The second-order valence-corrected chi connectivity index (χ2v) is 5.52. The number of benzene rings is 1. The zero-order chi connectivity index (χ0) is 14.6. The van der Waals surface area contributed by atoms with Crippen molar-refractivity contribution in [2.75, 3.05) is 6.54 Å². The predicted octanol–water partition coefficient (Wildman–Crippen LogP) is 1.91. The maximum absolute atomic E-state index is 12.0. The van der Waals surface area contributed by atoms with E-state index in [1.165, 1.54) is 12.1 Å². The summed E-state index contributed by atoms with van der Waals surface area (Å²) in [7, 11) is 0. The van der Waals surface area contributed by atoms with Crippen LogP contribution in [0, 0.1) is 0 Å². The summed E-state index contributed by atoms with van der Waals surface area (Å²) in [5.74, 6) is -0.808. The number of hydrogen-bond donors (Lipinski definition) is 4. The Morgan fingerprint density at radius 2 is 1.80 bits per heavy atom. The molecule has 0 aliphatic heterocycles. The SMILES string of the molecule is O=C(NCC1(O)CCCCCC1)c1ccc(O)cc1O. The Morgan fingerprint density at radius 3 is 2.40 bits per heavy atom. The van der Waals surface area contributed by atoms with Crippen LogP contribution in [0.4, 0.5) is 0 Å². The number of aromatic hydroxyl groups is 2. The summed E-state index contributed by atoms with van der Waals surface area (Å²) in [5, 5.41) is 31.9. The van der Waals surface area contributed by atoms with Crippen molar-refractivity contribution in [2.45, 2.75) is 44.1 Å². The number of rotatable bonds is 3. The van der Waals surface area contributed by atoms with Gasteiger partial charge >= 0.3 is 0 Å². The summed E-state index contributed by atoms with van der Waals surface area (Å²) in [6.45, 7) is 0.187. The summed E-state index contributed by atoms with van der Waals surface area (Å²) < 4.78 is 0. The molecule has 4 N–H and O–H groups in total. The standard InChI is InChI=1S/C15H21NO4/c17-11-5-6-12(13(18)9-11)14(19)16-10-15(20)7-3-1-2-4-8-15/h5-6,9,17-18,20H,1-4,7-8,10H2,(H,16,19). The number of hydrogen-bond acceptors (Lipinski definition) is 4. The van der Waals surface area contributed by atoms with Gasteiger partial charge in [0.2, 0.25) is 0 Å². The average molecular weight is 279 g/mol. The number of phenols is 2. The van der Waals surface area contributed by atoms with Crippen molar-refractivity contribution >= 4 is 5.91 Å². The summed E-state index contributed by atoms with van der Waals surface area (Å²) >= 11 is 0. The number of amides is 1. The van der Waals surface area contributed by atoms with Gasteiger partial charge in [-0.05, 0) is 25.0 Å². The van der Waals surface area contributed by atoms with Crippen molar-refractivity contribution in [3.8, 4) is 11.5 Å². The zero-order valence-electron chi connectivity index (χ0n) is 11.4. The van der Waals surface area contributed by atoms with Gasteiger partial charge in [0.1, 0.15) is 11.5 Å². The monoisotopic (exact) mass is 279 g/mol. The quantitative estimate of drug-likeness (QED) is 0.636. The van der Waals surface area contributed by atoms with Crippen LogP contribution in [0.5, 0.6) is 11.5 Å². The highest BCUT2D eigenvalue weighted by atomic mass is 16.3. The summed E-state index contributed by atoms with van der Waals surface area (Å²) in [4.78, 5) is 12.0. The van der Waals surface area contributed by atoms with Gasteiger partial charge in [-0.2, -0.15) is 0 Å². The van der Waals surface area contributed by atoms with Crippen molar-refractivity contribution in [3.05, 3.63) is 23.8 Å². The highest BCUT2D eigenvalue weighted by molar-refractivity contribution is 5.97. The maximum Gasteiger partial charge on any atom is 0.255 e. The fourth-order valence-corrected chi connectivity index (χ4v) is 2.62. The Bertz CT molecular complexity index is 479. The van der Waals surface area contributed by atoms with Crippen LogP contribution in [0.2, 0.25) is 0 Å². The minimum absolute atomic E-state index is 0.0959. The molecule has 1 aliphatic rings. The van der Waals surface area contributed by atoms with Crippen molar-refractivity contribution in [1.29, 1.82) is 0 Å². The Kier molecular flexibility index (Phi) is 4.49. The number of nitrogens with one attached hydrogen (secondary N) is 1. The lowest BCUT2D eigenvalue weighted by atomic mass is 9.94. The predicted molar refractivity (Wildman–Crippen MR) is 74.8 cm³/mol. The molecule has 110 valence electrons. The Morgan fingerprint density at radius 1 is 1.15 bits per heavy atom. The van der Waals surface area contributed by atoms with Gasteiger partial charge in [0.15, 0.2) is 0 Å². The van der Waals surface area contributed by atoms with E-state index in [4.69, 9.17) is 0 Å². The van der Waals surface area contributed by atoms with E-state index in [0.717, 1.165) is 31.7 Å². The third kappa shape index (κ3) is 3.63. The third-order valence-corrected chi connectivity index (χ3v) is 3.84. The molecule has 0 atom stereocenters. The van der Waals surface area contributed by atoms with Gasteiger partial charge < -0.3 is 20.6 Å². The van der Waals surface area contributed by atoms with E-state index in [-0.39, 0.29) is 23.6 Å². The van der Waals surface area contributed by atoms with Crippen LogP contribution in [0.3, 0.4) is 0 Å². The molecule has 1 aromatic rings. The molecule has 0 aromatic heterocycles. The Hall–Kier alpha value is -1.75. The molecule has 2 rings (SSSR count). The molecule has 1 amide bonds. The largest absolute Gasteiger partial charge is 0.508 e. The second kappa shape index (κ2) is 6.13. The smallest absolute Gasteiger partial charge is 0.255 e. The lowest BCUT2D eigenvalue weighted by Crippen LogP contribution is -2.42. The van der Waals surface area contributed by atoms with E-state index >= 15 is 0 Å². The zero-order valence-corrected chi connectivity index (χ0v) is 11.4. The molecule has 1 aromatic carbocycles. The van der Waals surface area contributed by atoms with Gasteiger partial charge in [0, 0.05) is 12.6 Å². The molecule has 0 spiro atoms. The average Bonchev–Trinajstić information content (AvgIpc) is 2.61. The molecule has 0 bridgehead atoms. The van der Waals surface area contributed by atoms with Gasteiger partial charge in [0.05, 0.1) is 11.2 Å². The number of carbonyl (C=O) groups is 1. The van der Waals surface area contributed by atoms with Crippen LogP contribution in [0.15, 0.2) is 18.2 Å². The first-order valence-corrected chi connectivity index (χ1v) is 7.03. The highest BCUT2D eigenvalue weighted by Crippen LogP contribution is 2.27. The first-order chi connectivity index (χ1) is 9.50. The third-order valence-electron chi connectivity index (χ3n) is 3.84. The van der Waals surface area contributed by atoms with Crippen LogP contribution in [-0.4, -0.2) is 33.4 Å². The van der Waals surface area contributed by atoms with Crippen LogP contribution in [-0.2, 0) is 0 Å². The van der Waals surface area contributed by atoms with E-state index < -0.39 is 11.5 Å². The molecule has 1 saturated carbocycles. The van der Waals surface area contributed by atoms with E-state index in [2.05, 4.69) is 5.32 Å². The van der Waals surface area contributed by atoms with Gasteiger partial charge in [-0.3, -0.25) is 4.79 Å². The number of phenolic OH excluding ortho intramolecular Hbond substituents is 2. The molecule has 0 heterocycles. The molecular weight excluding hydrogens is 258 g/mol. The van der Waals surface area contributed by atoms with Crippen molar-refractivity contribution in [1.82, 2.24) is 5.32 Å². The molecule has 0 saturated heterocycles. The molecule has 1 aliphatic carbocycles. The van der Waals surface area contributed by atoms with Crippen LogP contribution < -0.4 is 5.32 Å². The molecule has 0 unspecified atom stereocenters. The minimum Gasteiger partial charge on any atom is -0.508 e. The fourth-order valence-electron chi connectivity index (χ4n) is 2.62. The molecule has 20 heavy (non-hydrogen) atoms. The lowest BCUT2D eigenvalue weighted by Gasteiger charge is -2.26. The van der Waals surface area contributed by atoms with E-state index in [1.807, 2.05) is 0 Å². The Balaban J connectivity index is 1.97. The van der Waals surface area contributed by atoms with Crippen LogP contribution in [0.25, 0.3) is 0 Å². The Labute approximate surface area is 118 Å². The molecule has 5 heteroatoms. The number of carbonyl (C=O) groups excluding carboxylic acids is 1. The first-order valence-electron chi connectivity index (χ1n) is 7.03. The van der Waals surface area contributed by atoms with Crippen LogP contribution >= 0.6 is 0 Å². The lowest BCUT2D eigenvalue weighted by molar-refractivity contribution is 0.0246. The van der Waals surface area contributed by atoms with Crippen molar-refractivity contribution in [2.24, 2.45) is 0 Å². The minimum atomic E-state index is -0.849. The molecule has 0 radical (unpaired) electrons. The van der Waals surface area contributed by atoms with Gasteiger partial charge in [-0.25, -0.2) is 0 Å². The van der Waals surface area contributed by atoms with Crippen molar-refractivity contribution < 1.29 is 20.1 Å². The normalized spacial score (nSPS) is 18.2. The van der Waals surface area contributed by atoms with Gasteiger partial charge in [0.25, 0.3) is 5.91 Å². The second-order valence-electron chi connectivity index (χ2n) is 5.52. The van der Waals surface area contributed by atoms with E-state index in [1.54, 1.807) is 0 Å². The molecular formula is C15H21NO4. The van der Waals surface area contributed by atoms with Gasteiger partial charge in [-0.1, -0.05) is 25.7 Å². The summed E-state index contributed by atoms with van der Waals surface area (Å²) in [5.41, 5.74) is -0.751. The summed E-state index contributed by atoms with van der Waals surface area (Å²) in [6.07, 6.45) is 5.56. The highest BCUT2D eigenvalue weighted by Gasteiger charge is 2.28. The van der Waals surface area contributed by atoms with E-state index in [9.17, 15) is 20.1 Å². The van der Waals surface area contributed by atoms with Crippen molar-refractivity contribution in [3.63, 3.8) is 0 Å². The number of aliphatic hydroxyl groups is 1.